The van der Waals surface area contributed by atoms with Crippen molar-refractivity contribution in [1.29, 1.82) is 0 Å². The fourth-order valence-electron chi connectivity index (χ4n) is 4.57. The molecule has 2 fully saturated rings. The average Bonchev–Trinajstić information content (AvgIpc) is 2.60. The molecule has 1 aromatic carbocycles. The summed E-state index contributed by atoms with van der Waals surface area (Å²) in [5, 5.41) is 4.21. The first-order valence-electron chi connectivity index (χ1n) is 10.2. The van der Waals surface area contributed by atoms with Crippen LogP contribution in [0.4, 0.5) is 0 Å². The SMILES string of the molecule is Cc1cc2ccccc2nc1C(=O)N(C)C1CC(NC(=O)C2CC(C)(C)C2)C1. The summed E-state index contributed by atoms with van der Waals surface area (Å²) in [5.41, 5.74) is 2.56. The Morgan fingerprint density at radius 3 is 2.54 bits per heavy atom. The van der Waals surface area contributed by atoms with Gasteiger partial charge < -0.3 is 10.2 Å². The van der Waals surface area contributed by atoms with E-state index in [1.54, 1.807) is 4.90 Å². The van der Waals surface area contributed by atoms with Crippen LogP contribution < -0.4 is 5.32 Å². The molecule has 5 heteroatoms. The summed E-state index contributed by atoms with van der Waals surface area (Å²) in [4.78, 5) is 31.7. The fourth-order valence-corrected chi connectivity index (χ4v) is 4.57. The molecule has 5 nitrogen and oxygen atoms in total. The summed E-state index contributed by atoms with van der Waals surface area (Å²) in [6, 6.07) is 10.2. The molecule has 2 aromatic rings. The second-order valence-electron chi connectivity index (χ2n) is 9.36. The molecule has 0 bridgehead atoms. The zero-order valence-corrected chi connectivity index (χ0v) is 17.2. The van der Waals surface area contributed by atoms with E-state index in [9.17, 15) is 9.59 Å². The Bertz CT molecular complexity index is 923. The van der Waals surface area contributed by atoms with E-state index in [0.29, 0.717) is 11.1 Å². The highest BCUT2D eigenvalue weighted by atomic mass is 16.2. The number of nitrogens with zero attached hydrogens (tertiary/aromatic N) is 2. The molecule has 1 N–H and O–H groups in total. The zero-order valence-electron chi connectivity index (χ0n) is 17.2. The summed E-state index contributed by atoms with van der Waals surface area (Å²) in [6.45, 7) is 6.35. The summed E-state index contributed by atoms with van der Waals surface area (Å²) in [5.74, 6) is 0.306. The van der Waals surface area contributed by atoms with Gasteiger partial charge in [-0.2, -0.15) is 0 Å². The van der Waals surface area contributed by atoms with Crippen LogP contribution in [0.1, 0.15) is 55.6 Å². The Labute approximate surface area is 166 Å². The lowest BCUT2D eigenvalue weighted by atomic mass is 9.64. The summed E-state index contributed by atoms with van der Waals surface area (Å²) in [6.07, 6.45) is 3.58. The molecule has 2 saturated carbocycles. The molecule has 0 spiro atoms. The molecule has 1 heterocycles. The normalized spacial score (nSPS) is 23.6. The molecule has 0 radical (unpaired) electrons. The van der Waals surface area contributed by atoms with E-state index in [2.05, 4.69) is 24.1 Å². The van der Waals surface area contributed by atoms with Gasteiger partial charge >= 0.3 is 0 Å². The fraction of sp³-hybridized carbons (Fsp3) is 0.522. The lowest BCUT2D eigenvalue weighted by molar-refractivity contribution is -0.133. The Kier molecular flexibility index (Phi) is 4.64. The molecule has 0 saturated heterocycles. The van der Waals surface area contributed by atoms with Crippen molar-refractivity contribution in [2.24, 2.45) is 11.3 Å². The van der Waals surface area contributed by atoms with Gasteiger partial charge in [-0.05, 0) is 55.7 Å². The first-order valence-corrected chi connectivity index (χ1v) is 10.2. The van der Waals surface area contributed by atoms with Crippen LogP contribution in [0.25, 0.3) is 10.9 Å². The zero-order chi connectivity index (χ0) is 20.1. The predicted molar refractivity (Wildman–Crippen MR) is 110 cm³/mol. The number of rotatable bonds is 4. The van der Waals surface area contributed by atoms with Gasteiger partial charge in [0.25, 0.3) is 5.91 Å². The van der Waals surface area contributed by atoms with Crippen LogP contribution in [0.3, 0.4) is 0 Å². The molecule has 0 atom stereocenters. The highest BCUT2D eigenvalue weighted by Gasteiger charge is 2.42. The van der Waals surface area contributed by atoms with E-state index < -0.39 is 0 Å². The molecular formula is C23H29N3O2. The van der Waals surface area contributed by atoms with Crippen LogP contribution in [-0.2, 0) is 4.79 Å². The minimum atomic E-state index is -0.0428. The molecule has 28 heavy (non-hydrogen) atoms. The number of carbonyl (C=O) groups excluding carboxylic acids is 2. The van der Waals surface area contributed by atoms with Gasteiger partial charge in [-0.15, -0.1) is 0 Å². The van der Waals surface area contributed by atoms with Gasteiger partial charge in [0.05, 0.1) is 5.52 Å². The third-order valence-electron chi connectivity index (χ3n) is 6.41. The highest BCUT2D eigenvalue weighted by Crippen LogP contribution is 2.45. The van der Waals surface area contributed by atoms with Crippen LogP contribution in [0.2, 0.25) is 0 Å². The lowest BCUT2D eigenvalue weighted by Gasteiger charge is -2.45. The van der Waals surface area contributed by atoms with Crippen molar-refractivity contribution in [3.63, 3.8) is 0 Å². The van der Waals surface area contributed by atoms with Crippen molar-refractivity contribution in [3.8, 4) is 0 Å². The third-order valence-corrected chi connectivity index (χ3v) is 6.41. The molecule has 2 amide bonds. The maximum atomic E-state index is 13.0. The second-order valence-corrected chi connectivity index (χ2v) is 9.36. The van der Waals surface area contributed by atoms with E-state index in [1.807, 2.05) is 44.3 Å². The minimum absolute atomic E-state index is 0.0428. The number of benzene rings is 1. The summed E-state index contributed by atoms with van der Waals surface area (Å²) in [7, 11) is 1.84. The number of fused-ring (bicyclic) bond motifs is 1. The second kappa shape index (κ2) is 6.87. The van der Waals surface area contributed by atoms with E-state index in [-0.39, 0.29) is 29.8 Å². The highest BCUT2D eigenvalue weighted by molar-refractivity contribution is 5.96. The molecular weight excluding hydrogens is 350 g/mol. The van der Waals surface area contributed by atoms with Crippen molar-refractivity contribution in [2.45, 2.75) is 58.5 Å². The van der Waals surface area contributed by atoms with Crippen LogP contribution in [-0.4, -0.2) is 40.8 Å². The van der Waals surface area contributed by atoms with Gasteiger partial charge in [-0.1, -0.05) is 32.0 Å². The van der Waals surface area contributed by atoms with E-state index in [4.69, 9.17) is 0 Å². The van der Waals surface area contributed by atoms with Gasteiger partial charge in [0.1, 0.15) is 5.69 Å². The maximum Gasteiger partial charge on any atom is 0.272 e. The van der Waals surface area contributed by atoms with Crippen LogP contribution in [0.15, 0.2) is 30.3 Å². The minimum Gasteiger partial charge on any atom is -0.353 e. The maximum absolute atomic E-state index is 13.0. The van der Waals surface area contributed by atoms with Crippen molar-refractivity contribution in [3.05, 3.63) is 41.6 Å². The lowest BCUT2D eigenvalue weighted by Crippen LogP contribution is -2.56. The van der Waals surface area contributed by atoms with Gasteiger partial charge in [-0.3, -0.25) is 9.59 Å². The summed E-state index contributed by atoms with van der Waals surface area (Å²) < 4.78 is 0. The van der Waals surface area contributed by atoms with E-state index in [1.165, 1.54) is 0 Å². The van der Waals surface area contributed by atoms with Gasteiger partial charge in [0.15, 0.2) is 0 Å². The van der Waals surface area contributed by atoms with Crippen molar-refractivity contribution in [1.82, 2.24) is 15.2 Å². The van der Waals surface area contributed by atoms with Crippen LogP contribution in [0, 0.1) is 18.3 Å². The van der Waals surface area contributed by atoms with Gasteiger partial charge in [-0.25, -0.2) is 4.98 Å². The third kappa shape index (κ3) is 3.50. The number of hydrogen-bond acceptors (Lipinski definition) is 3. The number of para-hydroxylation sites is 1. The van der Waals surface area contributed by atoms with Crippen LogP contribution >= 0.6 is 0 Å². The van der Waals surface area contributed by atoms with Crippen molar-refractivity contribution < 1.29 is 9.59 Å². The van der Waals surface area contributed by atoms with Gasteiger partial charge in [0.2, 0.25) is 5.91 Å². The molecule has 2 aliphatic carbocycles. The number of aryl methyl sites for hydroxylation is 1. The Morgan fingerprint density at radius 2 is 1.86 bits per heavy atom. The van der Waals surface area contributed by atoms with E-state index in [0.717, 1.165) is 42.1 Å². The molecule has 0 aliphatic heterocycles. The smallest absolute Gasteiger partial charge is 0.272 e. The summed E-state index contributed by atoms with van der Waals surface area (Å²) >= 11 is 0. The number of nitrogens with one attached hydrogen (secondary N) is 1. The Balaban J connectivity index is 1.34. The van der Waals surface area contributed by atoms with E-state index >= 15 is 0 Å². The standard InChI is InChI=1S/C23H29N3O2/c1-14-9-15-7-5-6-8-19(15)25-20(14)22(28)26(4)18-10-17(11-18)24-21(27)16-12-23(2,3)13-16/h5-9,16-18H,10-13H2,1-4H3,(H,24,27). The molecule has 1 aromatic heterocycles. The first-order chi connectivity index (χ1) is 13.2. The molecule has 148 valence electrons. The van der Waals surface area contributed by atoms with Crippen molar-refractivity contribution >= 4 is 22.7 Å². The Morgan fingerprint density at radius 1 is 1.18 bits per heavy atom. The number of aromatic nitrogens is 1. The van der Waals surface area contributed by atoms with Gasteiger partial charge in [0, 0.05) is 30.4 Å². The molecule has 2 aliphatic rings. The Hall–Kier alpha value is -2.43. The molecule has 4 rings (SSSR count). The number of carbonyl (C=O) groups is 2. The first kappa shape index (κ1) is 18.9. The quantitative estimate of drug-likeness (QED) is 0.881. The monoisotopic (exact) mass is 379 g/mol. The predicted octanol–water partition coefficient (Wildman–Crippen LogP) is 3.70. The number of pyridine rings is 1. The number of amides is 2. The van der Waals surface area contributed by atoms with Crippen LogP contribution in [0.5, 0.6) is 0 Å². The average molecular weight is 380 g/mol. The topological polar surface area (TPSA) is 62.3 Å². The number of hydrogen-bond donors (Lipinski definition) is 1. The molecule has 0 unspecified atom stereocenters. The largest absolute Gasteiger partial charge is 0.353 e. The van der Waals surface area contributed by atoms with Crippen molar-refractivity contribution in [2.75, 3.05) is 7.05 Å².